The maximum atomic E-state index is 12.0. The molecule has 0 aromatic heterocycles. The molecule has 0 atom stereocenters. The first kappa shape index (κ1) is 14.9. The van der Waals surface area contributed by atoms with E-state index in [4.69, 9.17) is 5.73 Å². The second-order valence-electron chi connectivity index (χ2n) is 6.14. The minimum absolute atomic E-state index is 0.136. The average Bonchev–Trinajstić information content (AvgIpc) is 3.14. The van der Waals surface area contributed by atoms with Crippen molar-refractivity contribution in [2.24, 2.45) is 4.99 Å². The fourth-order valence-corrected chi connectivity index (χ4v) is 4.48. The molecule has 3 aromatic carbocycles. The van der Waals surface area contributed by atoms with Crippen LogP contribution < -0.4 is 5.73 Å². The van der Waals surface area contributed by atoms with Crippen LogP contribution in [0.3, 0.4) is 0 Å². The van der Waals surface area contributed by atoms with Crippen LogP contribution >= 0.6 is 11.8 Å². The molecule has 0 bridgehead atoms. The number of nitrogens with two attached hydrogens (primary N) is 1. The van der Waals surface area contributed by atoms with Gasteiger partial charge in [0.15, 0.2) is 0 Å². The van der Waals surface area contributed by atoms with Gasteiger partial charge in [-0.2, -0.15) is 5.26 Å². The predicted octanol–water partition coefficient (Wildman–Crippen LogP) is 4.19. The molecule has 1 heterocycles. The van der Waals surface area contributed by atoms with E-state index in [0.717, 1.165) is 37.4 Å². The van der Waals surface area contributed by atoms with Gasteiger partial charge in [0.25, 0.3) is 5.91 Å². The van der Waals surface area contributed by atoms with Gasteiger partial charge in [-0.05, 0) is 41.3 Å². The van der Waals surface area contributed by atoms with E-state index in [1.54, 1.807) is 11.8 Å². The molecule has 0 spiro atoms. The lowest BCUT2D eigenvalue weighted by Gasteiger charge is -2.09. The highest BCUT2D eigenvalue weighted by molar-refractivity contribution is 7.99. The number of aliphatic imine (C=N–C) groups is 1. The lowest BCUT2D eigenvalue weighted by molar-refractivity contribution is -0.113. The average molecular weight is 353 g/mol. The Morgan fingerprint density at radius 3 is 2.58 bits per heavy atom. The van der Waals surface area contributed by atoms with Crippen molar-refractivity contribution in [3.05, 3.63) is 71.3 Å². The van der Waals surface area contributed by atoms with Crippen LogP contribution in [0.1, 0.15) is 11.1 Å². The van der Waals surface area contributed by atoms with Gasteiger partial charge in [-0.1, -0.05) is 36.0 Å². The van der Waals surface area contributed by atoms with Gasteiger partial charge < -0.3 is 5.73 Å². The first-order chi connectivity index (χ1) is 12.7. The fourth-order valence-electron chi connectivity index (χ4n) is 3.54. The number of anilines is 1. The van der Waals surface area contributed by atoms with Gasteiger partial charge in [0.2, 0.25) is 0 Å². The largest absolute Gasteiger partial charge is 0.399 e. The zero-order valence-corrected chi connectivity index (χ0v) is 14.3. The molecule has 5 rings (SSSR count). The molecule has 1 amide bonds. The molecule has 2 N–H and O–H groups in total. The number of allylic oxidation sites excluding steroid dienone is 1. The minimum Gasteiger partial charge on any atom is -0.399 e. The van der Waals surface area contributed by atoms with Crippen LogP contribution in [-0.4, -0.2) is 11.6 Å². The van der Waals surface area contributed by atoms with Gasteiger partial charge in [0.1, 0.15) is 11.6 Å². The van der Waals surface area contributed by atoms with E-state index in [1.807, 2.05) is 54.6 Å². The Morgan fingerprint density at radius 1 is 1.00 bits per heavy atom. The molecule has 2 aliphatic rings. The zero-order chi connectivity index (χ0) is 17.8. The monoisotopic (exact) mass is 353 g/mol. The summed E-state index contributed by atoms with van der Waals surface area (Å²) in [7, 11) is 0. The first-order valence-electron chi connectivity index (χ1n) is 8.05. The first-order valence-corrected chi connectivity index (χ1v) is 8.86. The van der Waals surface area contributed by atoms with E-state index in [0.29, 0.717) is 11.3 Å². The quantitative estimate of drug-likeness (QED) is 0.701. The van der Waals surface area contributed by atoms with Crippen molar-refractivity contribution in [3.63, 3.8) is 0 Å². The molecule has 1 aliphatic carbocycles. The number of carbonyl (C=O) groups excluding carboxylic acids is 1. The molecule has 0 radical (unpaired) electrons. The van der Waals surface area contributed by atoms with Crippen molar-refractivity contribution >= 4 is 45.4 Å². The Kier molecular flexibility index (Phi) is 3.05. The Bertz CT molecular complexity index is 1230. The number of amides is 1. The summed E-state index contributed by atoms with van der Waals surface area (Å²) in [6.45, 7) is 0. The molecule has 0 fully saturated rings. The maximum Gasteiger partial charge on any atom is 0.288 e. The fraction of sp³-hybridized carbons (Fsp3) is 0. The van der Waals surface area contributed by atoms with Crippen molar-refractivity contribution < 1.29 is 4.79 Å². The summed E-state index contributed by atoms with van der Waals surface area (Å²) in [6, 6.07) is 19.8. The molecule has 3 aromatic rings. The van der Waals surface area contributed by atoms with Gasteiger partial charge in [-0.3, -0.25) is 4.79 Å². The normalized spacial score (nSPS) is 14.6. The number of carbonyl (C=O) groups is 1. The number of rotatable bonds is 2. The molecule has 122 valence electrons. The Hall–Kier alpha value is -3.36. The Labute approximate surface area is 153 Å². The highest BCUT2D eigenvalue weighted by Crippen LogP contribution is 2.45. The third-order valence-electron chi connectivity index (χ3n) is 4.66. The number of nitriles is 1. The molecule has 5 heteroatoms. The molecule has 26 heavy (non-hydrogen) atoms. The van der Waals surface area contributed by atoms with Crippen LogP contribution in [0.5, 0.6) is 0 Å². The summed E-state index contributed by atoms with van der Waals surface area (Å²) >= 11 is 1.66. The van der Waals surface area contributed by atoms with E-state index in [1.165, 1.54) is 0 Å². The van der Waals surface area contributed by atoms with Crippen molar-refractivity contribution in [2.45, 2.75) is 9.79 Å². The Morgan fingerprint density at radius 2 is 1.81 bits per heavy atom. The van der Waals surface area contributed by atoms with E-state index in [-0.39, 0.29) is 5.57 Å². The number of nitrogen functional groups attached to an aromatic ring is 1. The van der Waals surface area contributed by atoms with Gasteiger partial charge in [-0.15, -0.1) is 0 Å². The molecule has 0 saturated heterocycles. The summed E-state index contributed by atoms with van der Waals surface area (Å²) in [4.78, 5) is 18.3. The summed E-state index contributed by atoms with van der Waals surface area (Å²) in [6.07, 6.45) is 0. The summed E-state index contributed by atoms with van der Waals surface area (Å²) in [5.41, 5.74) is 9.78. The molecular weight excluding hydrogens is 342 g/mol. The number of benzene rings is 3. The van der Waals surface area contributed by atoms with Crippen molar-refractivity contribution in [3.8, 4) is 6.07 Å². The molecule has 0 saturated carbocycles. The summed E-state index contributed by atoms with van der Waals surface area (Å²) < 4.78 is 0. The van der Waals surface area contributed by atoms with Crippen LogP contribution in [0, 0.1) is 11.3 Å². The minimum atomic E-state index is -0.444. The molecule has 4 nitrogen and oxygen atoms in total. The van der Waals surface area contributed by atoms with Gasteiger partial charge >= 0.3 is 0 Å². The van der Waals surface area contributed by atoms with Crippen LogP contribution in [-0.2, 0) is 4.79 Å². The van der Waals surface area contributed by atoms with Gasteiger partial charge in [-0.25, -0.2) is 4.99 Å². The van der Waals surface area contributed by atoms with Crippen molar-refractivity contribution in [1.82, 2.24) is 0 Å². The van der Waals surface area contributed by atoms with E-state index in [2.05, 4.69) is 11.1 Å². The number of hydrogen-bond acceptors (Lipinski definition) is 4. The SMILES string of the molecule is N#CC1=C2C(=NC1=O)c1ccc(Sc3ccc(N)cc3)c3cccc2c13. The number of hydrogen-bond donors (Lipinski definition) is 1. The lowest BCUT2D eigenvalue weighted by atomic mass is 10.0. The number of fused-ring (bicyclic) bond motifs is 3. The topological polar surface area (TPSA) is 79.2 Å². The van der Waals surface area contributed by atoms with E-state index >= 15 is 0 Å². The van der Waals surface area contributed by atoms with Gasteiger partial charge in [0, 0.05) is 32.0 Å². The molecule has 0 unspecified atom stereocenters. The highest BCUT2D eigenvalue weighted by atomic mass is 32.2. The molecule has 1 aliphatic heterocycles. The summed E-state index contributed by atoms with van der Waals surface area (Å²) in [5.74, 6) is -0.444. The second kappa shape index (κ2) is 5.32. The molecular formula is C21H11N3OS. The second-order valence-corrected chi connectivity index (χ2v) is 7.25. The Balaban J connectivity index is 1.73. The van der Waals surface area contributed by atoms with Crippen LogP contribution in [0.2, 0.25) is 0 Å². The number of nitrogens with zero attached hydrogens (tertiary/aromatic N) is 2. The third kappa shape index (κ3) is 1.97. The highest BCUT2D eigenvalue weighted by Gasteiger charge is 2.36. The van der Waals surface area contributed by atoms with Gasteiger partial charge in [0.05, 0.1) is 5.71 Å². The van der Waals surface area contributed by atoms with E-state index in [9.17, 15) is 10.1 Å². The standard InChI is InChI=1S/C21H11N3OS/c22-10-16-19-14-3-1-2-13-17(26-12-6-4-11(23)5-7-12)9-8-15(18(13)14)20(19)24-21(16)25/h1-9H,23H2. The summed E-state index contributed by atoms with van der Waals surface area (Å²) in [5, 5.41) is 11.5. The zero-order valence-electron chi connectivity index (χ0n) is 13.5. The lowest BCUT2D eigenvalue weighted by Crippen LogP contribution is -1.93. The smallest absolute Gasteiger partial charge is 0.288 e. The third-order valence-corrected chi connectivity index (χ3v) is 5.74. The predicted molar refractivity (Wildman–Crippen MR) is 103 cm³/mol. The van der Waals surface area contributed by atoms with Crippen LogP contribution in [0.25, 0.3) is 16.3 Å². The van der Waals surface area contributed by atoms with Crippen LogP contribution in [0.15, 0.2) is 75.0 Å². The maximum absolute atomic E-state index is 12.0. The van der Waals surface area contributed by atoms with E-state index < -0.39 is 5.91 Å². The van der Waals surface area contributed by atoms with Crippen molar-refractivity contribution in [2.75, 3.05) is 5.73 Å². The van der Waals surface area contributed by atoms with Crippen LogP contribution in [0.4, 0.5) is 5.69 Å². The van der Waals surface area contributed by atoms with Crippen molar-refractivity contribution in [1.29, 1.82) is 5.26 Å².